The van der Waals surface area contributed by atoms with Crippen molar-refractivity contribution in [1.29, 1.82) is 0 Å². The van der Waals surface area contributed by atoms with E-state index in [2.05, 4.69) is 15.9 Å². The average Bonchev–Trinajstić information content (AvgIpc) is 2.15. The lowest BCUT2D eigenvalue weighted by Gasteiger charge is -2.22. The summed E-state index contributed by atoms with van der Waals surface area (Å²) in [5.41, 5.74) is 7.16. The molecule has 0 radical (unpaired) electrons. The van der Waals surface area contributed by atoms with Crippen molar-refractivity contribution in [1.82, 2.24) is 0 Å². The van der Waals surface area contributed by atoms with Crippen LogP contribution in [-0.4, -0.2) is 13.1 Å². The van der Waals surface area contributed by atoms with Crippen LogP contribution in [0.3, 0.4) is 0 Å². The van der Waals surface area contributed by atoms with Gasteiger partial charge >= 0.3 is 0 Å². The van der Waals surface area contributed by atoms with Gasteiger partial charge in [0.25, 0.3) is 0 Å². The van der Waals surface area contributed by atoms with E-state index in [1.165, 1.54) is 6.07 Å². The highest BCUT2D eigenvalue weighted by Crippen LogP contribution is 2.29. The molecule has 0 saturated heterocycles. The molecule has 1 aromatic carbocycles. The van der Waals surface area contributed by atoms with E-state index in [0.717, 1.165) is 18.8 Å². The number of nitrogens with zero attached hydrogens (tertiary/aromatic N) is 1. The van der Waals surface area contributed by atoms with Crippen molar-refractivity contribution < 1.29 is 4.39 Å². The first-order valence-electron chi connectivity index (χ1n) is 4.59. The standard InChI is InChI=1S/C10H14BrFN2/c1-3-14(4-2)10-6-8(12)7(11)5-9(10)13/h5-6H,3-4,13H2,1-2H3. The molecule has 0 atom stereocenters. The summed E-state index contributed by atoms with van der Waals surface area (Å²) in [6, 6.07) is 3.06. The van der Waals surface area contributed by atoms with E-state index in [0.29, 0.717) is 10.2 Å². The fourth-order valence-corrected chi connectivity index (χ4v) is 1.75. The maximum atomic E-state index is 13.3. The largest absolute Gasteiger partial charge is 0.397 e. The topological polar surface area (TPSA) is 29.3 Å². The number of hydrogen-bond acceptors (Lipinski definition) is 2. The average molecular weight is 261 g/mol. The number of nitrogen functional groups attached to an aromatic ring is 1. The van der Waals surface area contributed by atoms with Gasteiger partial charge in [-0.1, -0.05) is 0 Å². The molecule has 0 unspecified atom stereocenters. The third-order valence-corrected chi connectivity index (χ3v) is 2.78. The van der Waals surface area contributed by atoms with Crippen LogP contribution >= 0.6 is 15.9 Å². The fraction of sp³-hybridized carbons (Fsp3) is 0.400. The summed E-state index contributed by atoms with van der Waals surface area (Å²) in [5, 5.41) is 0. The van der Waals surface area contributed by atoms with Gasteiger partial charge < -0.3 is 10.6 Å². The van der Waals surface area contributed by atoms with Crippen LogP contribution in [0.2, 0.25) is 0 Å². The Labute approximate surface area is 92.0 Å². The summed E-state index contributed by atoms with van der Waals surface area (Å²) in [6.07, 6.45) is 0. The molecular weight excluding hydrogens is 247 g/mol. The van der Waals surface area contributed by atoms with Crippen LogP contribution in [0.5, 0.6) is 0 Å². The smallest absolute Gasteiger partial charge is 0.139 e. The molecule has 1 aromatic rings. The third-order valence-electron chi connectivity index (χ3n) is 2.17. The summed E-state index contributed by atoms with van der Waals surface area (Å²) in [4.78, 5) is 2.02. The molecule has 1 rings (SSSR count). The number of benzene rings is 1. The van der Waals surface area contributed by atoms with Crippen molar-refractivity contribution in [2.45, 2.75) is 13.8 Å². The van der Waals surface area contributed by atoms with E-state index in [1.54, 1.807) is 6.07 Å². The predicted molar refractivity (Wildman–Crippen MR) is 62.1 cm³/mol. The number of hydrogen-bond donors (Lipinski definition) is 1. The van der Waals surface area contributed by atoms with Crippen LogP contribution in [0.4, 0.5) is 15.8 Å². The highest BCUT2D eigenvalue weighted by atomic mass is 79.9. The zero-order chi connectivity index (χ0) is 10.7. The molecule has 4 heteroatoms. The molecule has 0 spiro atoms. The molecule has 14 heavy (non-hydrogen) atoms. The third kappa shape index (κ3) is 2.18. The van der Waals surface area contributed by atoms with E-state index >= 15 is 0 Å². The number of halogens is 2. The van der Waals surface area contributed by atoms with Crippen LogP contribution in [0.1, 0.15) is 13.8 Å². The minimum Gasteiger partial charge on any atom is -0.397 e. The Morgan fingerprint density at radius 3 is 2.43 bits per heavy atom. The summed E-state index contributed by atoms with van der Waals surface area (Å²) >= 11 is 3.10. The molecular formula is C10H14BrFN2. The lowest BCUT2D eigenvalue weighted by molar-refractivity contribution is 0.620. The van der Waals surface area contributed by atoms with Gasteiger partial charge in [-0.25, -0.2) is 4.39 Å². The van der Waals surface area contributed by atoms with Gasteiger partial charge in [0.1, 0.15) is 5.82 Å². The van der Waals surface area contributed by atoms with Gasteiger partial charge in [-0.3, -0.25) is 0 Å². The quantitative estimate of drug-likeness (QED) is 0.847. The van der Waals surface area contributed by atoms with Crippen molar-refractivity contribution in [3.05, 3.63) is 22.4 Å². The van der Waals surface area contributed by atoms with Gasteiger partial charge in [0.15, 0.2) is 0 Å². The SMILES string of the molecule is CCN(CC)c1cc(F)c(Br)cc1N. The van der Waals surface area contributed by atoms with Crippen molar-refractivity contribution in [3.63, 3.8) is 0 Å². The molecule has 0 saturated carbocycles. The molecule has 0 aromatic heterocycles. The minimum absolute atomic E-state index is 0.277. The second kappa shape index (κ2) is 4.64. The Hall–Kier alpha value is -0.770. The van der Waals surface area contributed by atoms with Crippen LogP contribution in [0, 0.1) is 5.82 Å². The van der Waals surface area contributed by atoms with Crippen LogP contribution in [0.15, 0.2) is 16.6 Å². The summed E-state index contributed by atoms with van der Waals surface area (Å²) in [7, 11) is 0. The van der Waals surface area contributed by atoms with Crippen molar-refractivity contribution >= 4 is 27.3 Å². The van der Waals surface area contributed by atoms with Crippen LogP contribution in [0.25, 0.3) is 0 Å². The molecule has 2 nitrogen and oxygen atoms in total. The van der Waals surface area contributed by atoms with Gasteiger partial charge in [-0.05, 0) is 35.8 Å². The van der Waals surface area contributed by atoms with Gasteiger partial charge in [0.05, 0.1) is 15.8 Å². The molecule has 0 aliphatic rings. The molecule has 0 amide bonds. The zero-order valence-electron chi connectivity index (χ0n) is 8.35. The zero-order valence-corrected chi connectivity index (χ0v) is 9.94. The summed E-state index contributed by atoms with van der Waals surface area (Å²) < 4.78 is 13.7. The van der Waals surface area contributed by atoms with Crippen LogP contribution in [-0.2, 0) is 0 Å². The predicted octanol–water partition coefficient (Wildman–Crippen LogP) is 3.02. The molecule has 0 bridgehead atoms. The monoisotopic (exact) mass is 260 g/mol. The second-order valence-electron chi connectivity index (χ2n) is 3.00. The van der Waals surface area contributed by atoms with Crippen LogP contribution < -0.4 is 10.6 Å². The number of rotatable bonds is 3. The highest BCUT2D eigenvalue weighted by Gasteiger charge is 2.10. The Morgan fingerprint density at radius 1 is 1.36 bits per heavy atom. The lowest BCUT2D eigenvalue weighted by Crippen LogP contribution is -2.23. The summed E-state index contributed by atoms with van der Waals surface area (Å²) in [5.74, 6) is -0.277. The second-order valence-corrected chi connectivity index (χ2v) is 3.85. The van der Waals surface area contributed by atoms with E-state index in [4.69, 9.17) is 5.73 Å². The molecule has 2 N–H and O–H groups in total. The Balaban J connectivity index is 3.14. The highest BCUT2D eigenvalue weighted by molar-refractivity contribution is 9.10. The fourth-order valence-electron chi connectivity index (χ4n) is 1.39. The molecule has 0 heterocycles. The molecule has 0 aliphatic carbocycles. The minimum atomic E-state index is -0.277. The first-order valence-corrected chi connectivity index (χ1v) is 5.38. The first kappa shape index (κ1) is 11.3. The van der Waals surface area contributed by atoms with E-state index < -0.39 is 0 Å². The van der Waals surface area contributed by atoms with Gasteiger partial charge in [0, 0.05) is 19.2 Å². The lowest BCUT2D eigenvalue weighted by atomic mass is 10.2. The van der Waals surface area contributed by atoms with Crippen molar-refractivity contribution in [2.75, 3.05) is 23.7 Å². The van der Waals surface area contributed by atoms with E-state index in [1.807, 2.05) is 18.7 Å². The Kier molecular flexibility index (Phi) is 3.75. The van der Waals surface area contributed by atoms with Gasteiger partial charge in [-0.15, -0.1) is 0 Å². The van der Waals surface area contributed by atoms with Gasteiger partial charge in [-0.2, -0.15) is 0 Å². The Bertz CT molecular complexity index is 324. The molecule has 78 valence electrons. The van der Waals surface area contributed by atoms with Gasteiger partial charge in [0.2, 0.25) is 0 Å². The molecule has 0 aliphatic heterocycles. The van der Waals surface area contributed by atoms with E-state index in [-0.39, 0.29) is 5.82 Å². The first-order chi connectivity index (χ1) is 6.60. The maximum absolute atomic E-state index is 13.3. The van der Waals surface area contributed by atoms with Crippen molar-refractivity contribution in [2.24, 2.45) is 0 Å². The van der Waals surface area contributed by atoms with Crippen molar-refractivity contribution in [3.8, 4) is 0 Å². The maximum Gasteiger partial charge on any atom is 0.139 e. The Morgan fingerprint density at radius 2 is 1.93 bits per heavy atom. The number of anilines is 2. The normalized spacial score (nSPS) is 10.3. The van der Waals surface area contributed by atoms with E-state index in [9.17, 15) is 4.39 Å². The molecule has 0 fully saturated rings. The number of nitrogens with two attached hydrogens (primary N) is 1. The summed E-state index contributed by atoms with van der Waals surface area (Å²) in [6.45, 7) is 5.68.